The van der Waals surface area contributed by atoms with Gasteiger partial charge in [-0.05, 0) is 72.6 Å². The van der Waals surface area contributed by atoms with Gasteiger partial charge in [-0.1, -0.05) is 104 Å². The van der Waals surface area contributed by atoms with E-state index in [0.717, 1.165) is 82.7 Å². The van der Waals surface area contributed by atoms with E-state index in [4.69, 9.17) is 23.8 Å². The van der Waals surface area contributed by atoms with Crippen LogP contribution in [0.5, 0.6) is 0 Å². The number of rotatable bonds is 4. The molecule has 4 heterocycles. The average Bonchev–Trinajstić information content (AvgIpc) is 3.88. The van der Waals surface area contributed by atoms with Gasteiger partial charge in [0.15, 0.2) is 5.82 Å². The van der Waals surface area contributed by atoms with E-state index in [-0.39, 0.29) is 11.8 Å². The number of hydrogen-bond acceptors (Lipinski definition) is 5. The normalized spacial score (nSPS) is 15.5. The standard InChI is InChI=1S/C47H30N4O2/c1-27-19-24-42-38(25-27)35-22-21-31(28(2)43(35)52-42)45-48-46(36-16-10-15-34-33-14-7-9-18-41(33)53-44(34)36)50-47(49-45)51-39-17-8-6-13-32(39)37-26-30(20-23-40(37)51)29-11-4-3-5-12-29/h3-7,9-16,18-26,28,31H,1-2H3/t28-,31?/m1/s1. The van der Waals surface area contributed by atoms with E-state index in [1.165, 1.54) is 5.56 Å². The van der Waals surface area contributed by atoms with Crippen molar-refractivity contribution in [3.8, 4) is 28.5 Å². The fourth-order valence-electron chi connectivity index (χ4n) is 8.13. The molecule has 10 aromatic rings. The summed E-state index contributed by atoms with van der Waals surface area (Å²) >= 11 is 0. The van der Waals surface area contributed by atoms with Crippen LogP contribution in [0.3, 0.4) is 0 Å². The maximum absolute atomic E-state index is 6.53. The summed E-state index contributed by atoms with van der Waals surface area (Å²) in [5, 5.41) is 5.33. The topological polar surface area (TPSA) is 69.9 Å². The highest BCUT2D eigenvalue weighted by atomic mass is 16.3. The number of furan rings is 2. The van der Waals surface area contributed by atoms with E-state index in [1.807, 2.05) is 42.5 Å². The molecule has 0 saturated carbocycles. The molecule has 1 unspecified atom stereocenters. The molecule has 0 N–H and O–H groups in total. The van der Waals surface area contributed by atoms with Crippen LogP contribution in [0.4, 0.5) is 0 Å². The van der Waals surface area contributed by atoms with Crippen LogP contribution in [0.1, 0.15) is 41.5 Å². The molecule has 0 amide bonds. The van der Waals surface area contributed by atoms with Gasteiger partial charge in [0.2, 0.25) is 5.95 Å². The highest BCUT2D eigenvalue weighted by molar-refractivity contribution is 6.10. The Morgan fingerprint density at radius 3 is 2.45 bits per heavy atom. The average molecular weight is 683 g/mol. The molecular weight excluding hydrogens is 653 g/mol. The summed E-state index contributed by atoms with van der Waals surface area (Å²) < 4.78 is 15.1. The predicted molar refractivity (Wildman–Crippen MR) is 211 cm³/mol. The van der Waals surface area contributed by atoms with Crippen molar-refractivity contribution < 1.29 is 8.83 Å². The summed E-state index contributed by atoms with van der Waals surface area (Å²) in [6.07, 6.45) is 4.38. The molecule has 0 saturated heterocycles. The number of aryl methyl sites for hydroxylation is 1. The number of allylic oxidation sites excluding steroid dienone is 1. The lowest BCUT2D eigenvalue weighted by Crippen LogP contribution is -2.16. The first-order valence-corrected chi connectivity index (χ1v) is 17.9. The summed E-state index contributed by atoms with van der Waals surface area (Å²) in [6, 6.07) is 48.2. The third kappa shape index (κ3) is 4.51. The summed E-state index contributed by atoms with van der Waals surface area (Å²) in [5.41, 5.74) is 9.69. The number of benzene rings is 5. The van der Waals surface area contributed by atoms with Crippen LogP contribution in [0.25, 0.3) is 89.3 Å². The monoisotopic (exact) mass is 682 g/mol. The van der Waals surface area contributed by atoms with Gasteiger partial charge in [0.25, 0.3) is 0 Å². The Morgan fingerprint density at radius 1 is 0.679 bits per heavy atom. The smallest absolute Gasteiger partial charge is 0.239 e. The highest BCUT2D eigenvalue weighted by Crippen LogP contribution is 2.44. The fraction of sp³-hybridized carbons (Fsp3) is 0.0851. The molecular formula is C47H30N4O2. The van der Waals surface area contributed by atoms with Gasteiger partial charge in [0.05, 0.1) is 11.1 Å². The number of hydrogen-bond donors (Lipinski definition) is 0. The molecule has 2 atom stereocenters. The lowest BCUT2D eigenvalue weighted by molar-refractivity contribution is 0.472. The van der Waals surface area contributed by atoms with Crippen LogP contribution in [-0.2, 0) is 0 Å². The molecule has 0 radical (unpaired) electrons. The second-order valence-corrected chi connectivity index (χ2v) is 13.9. The van der Waals surface area contributed by atoms with Gasteiger partial charge in [0.1, 0.15) is 33.9 Å². The first-order valence-electron chi connectivity index (χ1n) is 17.9. The number of para-hydroxylation sites is 2. The maximum atomic E-state index is 6.53. The molecule has 1 aliphatic carbocycles. The van der Waals surface area contributed by atoms with Crippen molar-refractivity contribution in [1.82, 2.24) is 19.5 Å². The minimum absolute atomic E-state index is 0.0284. The second kappa shape index (κ2) is 11.3. The molecule has 0 spiro atoms. The molecule has 53 heavy (non-hydrogen) atoms. The molecule has 6 heteroatoms. The fourth-order valence-corrected chi connectivity index (χ4v) is 8.13. The van der Waals surface area contributed by atoms with Crippen molar-refractivity contribution in [2.24, 2.45) is 0 Å². The van der Waals surface area contributed by atoms with Crippen LogP contribution in [0.15, 0.2) is 136 Å². The minimum Gasteiger partial charge on any atom is -0.460 e. The molecule has 0 aliphatic heterocycles. The van der Waals surface area contributed by atoms with Crippen molar-refractivity contribution >= 4 is 60.8 Å². The number of nitrogens with zero attached hydrogens (tertiary/aromatic N) is 4. The van der Waals surface area contributed by atoms with E-state index >= 15 is 0 Å². The van der Waals surface area contributed by atoms with E-state index in [2.05, 4.69) is 122 Å². The molecule has 1 aliphatic rings. The van der Waals surface area contributed by atoms with Gasteiger partial charge in [-0.15, -0.1) is 0 Å². The Morgan fingerprint density at radius 2 is 1.53 bits per heavy atom. The molecule has 4 aromatic heterocycles. The quantitative estimate of drug-likeness (QED) is 0.185. The van der Waals surface area contributed by atoms with Crippen molar-refractivity contribution in [2.45, 2.75) is 25.7 Å². The molecule has 6 nitrogen and oxygen atoms in total. The largest absolute Gasteiger partial charge is 0.460 e. The SMILES string of the molecule is Cc1ccc2oc3c(c2c1)C=CC(c1nc(-c2cccc4c2oc2ccccc24)nc(-n2c4c#cccc4c4cc(-c5ccccc5)ccc42)n1)[C@H]3C. The van der Waals surface area contributed by atoms with Gasteiger partial charge in [-0.3, -0.25) is 4.57 Å². The lowest BCUT2D eigenvalue weighted by atomic mass is 9.84. The van der Waals surface area contributed by atoms with Crippen molar-refractivity contribution in [3.63, 3.8) is 0 Å². The predicted octanol–water partition coefficient (Wildman–Crippen LogP) is 11.8. The Balaban J connectivity index is 1.16. The minimum atomic E-state index is -0.173. The lowest BCUT2D eigenvalue weighted by Gasteiger charge is -2.23. The van der Waals surface area contributed by atoms with Gasteiger partial charge in [0, 0.05) is 44.3 Å². The van der Waals surface area contributed by atoms with Gasteiger partial charge in [-0.2, -0.15) is 9.97 Å². The third-order valence-corrected chi connectivity index (χ3v) is 10.8. The zero-order valence-corrected chi connectivity index (χ0v) is 29.0. The number of aromatic nitrogens is 4. The number of fused-ring (bicyclic) bond motifs is 9. The first-order chi connectivity index (χ1) is 26.1. The molecule has 6 aromatic carbocycles. The third-order valence-electron chi connectivity index (χ3n) is 10.8. The summed E-state index contributed by atoms with van der Waals surface area (Å²) in [4.78, 5) is 15.8. The van der Waals surface area contributed by atoms with Crippen LogP contribution in [0, 0.1) is 19.1 Å². The Labute approximate surface area is 304 Å². The Hall–Kier alpha value is -6.97. The summed E-state index contributed by atoms with van der Waals surface area (Å²) in [5.74, 6) is 2.44. The van der Waals surface area contributed by atoms with Crippen LogP contribution in [-0.4, -0.2) is 19.5 Å². The highest BCUT2D eigenvalue weighted by Gasteiger charge is 2.32. The van der Waals surface area contributed by atoms with Crippen LogP contribution < -0.4 is 0 Å². The molecule has 11 rings (SSSR count). The van der Waals surface area contributed by atoms with Gasteiger partial charge in [-0.25, -0.2) is 4.98 Å². The summed E-state index contributed by atoms with van der Waals surface area (Å²) in [6.45, 7) is 4.31. The molecule has 0 bridgehead atoms. The van der Waals surface area contributed by atoms with E-state index < -0.39 is 0 Å². The van der Waals surface area contributed by atoms with Crippen LogP contribution >= 0.6 is 0 Å². The van der Waals surface area contributed by atoms with Gasteiger partial charge >= 0.3 is 0 Å². The Bertz CT molecular complexity index is 3110. The second-order valence-electron chi connectivity index (χ2n) is 13.9. The maximum Gasteiger partial charge on any atom is 0.239 e. The van der Waals surface area contributed by atoms with Crippen molar-refractivity contribution in [1.29, 1.82) is 0 Å². The van der Waals surface area contributed by atoms with Crippen LogP contribution in [0.2, 0.25) is 0 Å². The first kappa shape index (κ1) is 29.7. The van der Waals surface area contributed by atoms with Gasteiger partial charge < -0.3 is 8.83 Å². The van der Waals surface area contributed by atoms with E-state index in [1.54, 1.807) is 0 Å². The van der Waals surface area contributed by atoms with Crippen molar-refractivity contribution in [2.75, 3.05) is 0 Å². The van der Waals surface area contributed by atoms with E-state index in [9.17, 15) is 0 Å². The molecule has 250 valence electrons. The Kier molecular flexibility index (Phi) is 6.32. The van der Waals surface area contributed by atoms with E-state index in [0.29, 0.717) is 17.6 Å². The molecule has 0 fully saturated rings. The summed E-state index contributed by atoms with van der Waals surface area (Å²) in [7, 11) is 0. The zero-order chi connectivity index (χ0) is 35.2. The zero-order valence-electron chi connectivity index (χ0n) is 29.0. The van der Waals surface area contributed by atoms with Crippen molar-refractivity contribution in [3.05, 3.63) is 162 Å².